The Morgan fingerprint density at radius 2 is 2.03 bits per heavy atom. The van der Waals surface area contributed by atoms with Crippen molar-refractivity contribution in [1.82, 2.24) is 19.9 Å². The summed E-state index contributed by atoms with van der Waals surface area (Å²) >= 11 is 7.95. The molecule has 2 aromatic heterocycles. The number of piperidine rings is 1. The maximum atomic E-state index is 12.6. The minimum absolute atomic E-state index is 0.0658. The number of likely N-dealkylation sites (tertiary alicyclic amines) is 1. The lowest BCUT2D eigenvalue weighted by Gasteiger charge is -2.31. The number of hydrogen-bond acceptors (Lipinski definition) is 9. The third-order valence-corrected chi connectivity index (χ3v) is 7.46. The van der Waals surface area contributed by atoms with Crippen molar-refractivity contribution in [2.75, 3.05) is 26.8 Å². The summed E-state index contributed by atoms with van der Waals surface area (Å²) in [6, 6.07) is 9.21. The Labute approximate surface area is 211 Å². The van der Waals surface area contributed by atoms with Gasteiger partial charge in [0.1, 0.15) is 12.0 Å². The number of aromatic nitrogens is 3. The van der Waals surface area contributed by atoms with Crippen LogP contribution in [0.15, 0.2) is 47.2 Å². The second-order valence-electron chi connectivity index (χ2n) is 8.27. The average Bonchev–Trinajstić information content (AvgIpc) is 3.58. The number of carbonyl (C=O) groups is 1. The van der Waals surface area contributed by atoms with Crippen LogP contribution in [0.1, 0.15) is 47.5 Å². The molecule has 1 fully saturated rings. The molecule has 0 saturated carbocycles. The van der Waals surface area contributed by atoms with E-state index in [4.69, 9.17) is 30.9 Å². The summed E-state index contributed by atoms with van der Waals surface area (Å²) in [5.41, 5.74) is 2.62. The van der Waals surface area contributed by atoms with Crippen LogP contribution in [0.4, 0.5) is 0 Å². The SMILES string of the molecule is COc1cc(OCC(=O)N2CCC(c3nc(C4=NOC(c5ccccc5Cl)C4)cs3)CC2)ncn1. The van der Waals surface area contributed by atoms with Gasteiger partial charge in [0.2, 0.25) is 11.8 Å². The molecule has 0 aliphatic carbocycles. The molecule has 1 unspecified atom stereocenters. The van der Waals surface area contributed by atoms with Gasteiger partial charge in [0.25, 0.3) is 5.91 Å². The highest BCUT2D eigenvalue weighted by molar-refractivity contribution is 7.10. The summed E-state index contributed by atoms with van der Waals surface area (Å²) in [6.45, 7) is 1.25. The number of hydrogen-bond donors (Lipinski definition) is 0. The van der Waals surface area contributed by atoms with Crippen LogP contribution < -0.4 is 9.47 Å². The smallest absolute Gasteiger partial charge is 0.260 e. The Hall–Kier alpha value is -3.24. The molecular weight excluding hydrogens is 490 g/mol. The Bertz CT molecular complexity index is 1230. The quantitative estimate of drug-likeness (QED) is 0.465. The van der Waals surface area contributed by atoms with Gasteiger partial charge < -0.3 is 19.2 Å². The lowest BCUT2D eigenvalue weighted by Crippen LogP contribution is -2.40. The van der Waals surface area contributed by atoms with Crippen LogP contribution in [0.3, 0.4) is 0 Å². The van der Waals surface area contributed by atoms with E-state index in [9.17, 15) is 4.79 Å². The van der Waals surface area contributed by atoms with Crippen molar-refractivity contribution in [3.05, 3.63) is 63.3 Å². The minimum atomic E-state index is -0.191. The molecule has 0 bridgehead atoms. The Balaban J connectivity index is 1.12. The summed E-state index contributed by atoms with van der Waals surface area (Å²) in [7, 11) is 1.51. The van der Waals surface area contributed by atoms with Gasteiger partial charge in [-0.05, 0) is 18.9 Å². The summed E-state index contributed by atoms with van der Waals surface area (Å²) in [5, 5.41) is 8.06. The van der Waals surface area contributed by atoms with Crippen molar-refractivity contribution in [2.45, 2.75) is 31.3 Å². The predicted molar refractivity (Wildman–Crippen MR) is 131 cm³/mol. The van der Waals surface area contributed by atoms with Gasteiger partial charge in [0, 0.05) is 41.4 Å². The van der Waals surface area contributed by atoms with Crippen LogP contribution in [-0.4, -0.2) is 58.3 Å². The van der Waals surface area contributed by atoms with E-state index in [1.807, 2.05) is 34.5 Å². The number of thiazole rings is 1. The lowest BCUT2D eigenvalue weighted by molar-refractivity contribution is -0.134. The number of methoxy groups -OCH3 is 1. The molecular formula is C24H24ClN5O4S. The molecule has 5 rings (SSSR count). The van der Waals surface area contributed by atoms with E-state index < -0.39 is 0 Å². The highest BCUT2D eigenvalue weighted by Gasteiger charge is 2.29. The van der Waals surface area contributed by atoms with E-state index in [0.717, 1.165) is 34.8 Å². The summed E-state index contributed by atoms with van der Waals surface area (Å²) in [4.78, 5) is 32.8. The highest BCUT2D eigenvalue weighted by Crippen LogP contribution is 2.35. The molecule has 11 heteroatoms. The fraction of sp³-hybridized carbons (Fsp3) is 0.375. The third kappa shape index (κ3) is 5.38. The van der Waals surface area contributed by atoms with E-state index >= 15 is 0 Å². The monoisotopic (exact) mass is 513 g/mol. The molecule has 1 saturated heterocycles. The van der Waals surface area contributed by atoms with E-state index in [-0.39, 0.29) is 18.6 Å². The van der Waals surface area contributed by atoms with Crippen LogP contribution in [0.25, 0.3) is 0 Å². The third-order valence-electron chi connectivity index (χ3n) is 6.11. The number of oxime groups is 1. The van der Waals surface area contributed by atoms with Crippen LogP contribution in [-0.2, 0) is 9.63 Å². The van der Waals surface area contributed by atoms with Crippen LogP contribution in [0, 0.1) is 0 Å². The van der Waals surface area contributed by atoms with Gasteiger partial charge in [-0.3, -0.25) is 4.79 Å². The Kier molecular flexibility index (Phi) is 7.10. The van der Waals surface area contributed by atoms with Gasteiger partial charge in [-0.25, -0.2) is 15.0 Å². The number of rotatable bonds is 7. The number of ether oxygens (including phenoxy) is 2. The van der Waals surface area contributed by atoms with Gasteiger partial charge in [0.05, 0.1) is 23.9 Å². The molecule has 35 heavy (non-hydrogen) atoms. The predicted octanol–water partition coefficient (Wildman–Crippen LogP) is 4.25. The maximum Gasteiger partial charge on any atom is 0.260 e. The van der Waals surface area contributed by atoms with E-state index in [0.29, 0.717) is 42.2 Å². The van der Waals surface area contributed by atoms with E-state index in [1.165, 1.54) is 13.4 Å². The molecule has 0 spiro atoms. The molecule has 2 aliphatic rings. The summed E-state index contributed by atoms with van der Waals surface area (Å²) in [5.74, 6) is 0.947. The number of benzene rings is 1. The van der Waals surface area contributed by atoms with Crippen LogP contribution >= 0.6 is 22.9 Å². The Morgan fingerprint density at radius 3 is 2.83 bits per heavy atom. The van der Waals surface area contributed by atoms with Gasteiger partial charge in [-0.1, -0.05) is 35.0 Å². The molecule has 3 aromatic rings. The lowest BCUT2D eigenvalue weighted by atomic mass is 9.97. The molecule has 0 N–H and O–H groups in total. The molecule has 1 aromatic carbocycles. The zero-order chi connectivity index (χ0) is 24.2. The number of carbonyl (C=O) groups excluding carboxylic acids is 1. The van der Waals surface area contributed by atoms with Crippen molar-refractivity contribution in [3.8, 4) is 11.8 Å². The molecule has 4 heterocycles. The fourth-order valence-corrected chi connectivity index (χ4v) is 5.41. The number of halogens is 1. The fourth-order valence-electron chi connectivity index (χ4n) is 4.16. The van der Waals surface area contributed by atoms with Crippen molar-refractivity contribution in [2.24, 2.45) is 5.16 Å². The first-order valence-corrected chi connectivity index (χ1v) is 12.6. The van der Waals surface area contributed by atoms with Crippen LogP contribution in [0.2, 0.25) is 5.02 Å². The molecule has 0 radical (unpaired) electrons. The number of nitrogens with zero attached hydrogens (tertiary/aromatic N) is 5. The minimum Gasteiger partial charge on any atom is -0.481 e. The zero-order valence-corrected chi connectivity index (χ0v) is 20.7. The van der Waals surface area contributed by atoms with Gasteiger partial charge in [-0.2, -0.15) is 0 Å². The first kappa shape index (κ1) is 23.5. The van der Waals surface area contributed by atoms with E-state index in [2.05, 4.69) is 15.1 Å². The molecule has 2 aliphatic heterocycles. The zero-order valence-electron chi connectivity index (χ0n) is 19.1. The van der Waals surface area contributed by atoms with Gasteiger partial charge in [-0.15, -0.1) is 11.3 Å². The first-order chi connectivity index (χ1) is 17.1. The highest BCUT2D eigenvalue weighted by atomic mass is 35.5. The van der Waals surface area contributed by atoms with Crippen molar-refractivity contribution in [3.63, 3.8) is 0 Å². The van der Waals surface area contributed by atoms with Gasteiger partial charge >= 0.3 is 0 Å². The van der Waals surface area contributed by atoms with Gasteiger partial charge in [0.15, 0.2) is 12.7 Å². The number of amides is 1. The maximum absolute atomic E-state index is 12.6. The van der Waals surface area contributed by atoms with Crippen LogP contribution in [0.5, 0.6) is 11.8 Å². The first-order valence-electron chi connectivity index (χ1n) is 11.3. The largest absolute Gasteiger partial charge is 0.481 e. The molecule has 9 nitrogen and oxygen atoms in total. The van der Waals surface area contributed by atoms with E-state index in [1.54, 1.807) is 17.4 Å². The standard InChI is InChI=1S/C24H24ClN5O4S/c1-32-21-11-22(27-14-26-21)33-12-23(31)30-8-6-15(7-9-30)24-28-19(13-35-24)18-10-20(34-29-18)16-4-2-3-5-17(16)25/h2-5,11,13-15,20H,6-10,12H2,1H3. The second kappa shape index (κ2) is 10.6. The van der Waals surface area contributed by atoms with Crippen molar-refractivity contribution < 1.29 is 19.1 Å². The second-order valence-corrected chi connectivity index (χ2v) is 9.57. The summed E-state index contributed by atoms with van der Waals surface area (Å²) in [6.07, 6.45) is 3.49. The van der Waals surface area contributed by atoms with Crippen molar-refractivity contribution >= 4 is 34.6 Å². The molecule has 1 amide bonds. The Morgan fingerprint density at radius 1 is 1.23 bits per heavy atom. The topological polar surface area (TPSA) is 99.0 Å². The van der Waals surface area contributed by atoms with Crippen molar-refractivity contribution in [1.29, 1.82) is 0 Å². The molecule has 182 valence electrons. The normalized spacial score (nSPS) is 18.2. The average molecular weight is 514 g/mol. The summed E-state index contributed by atoms with van der Waals surface area (Å²) < 4.78 is 10.6. The molecule has 1 atom stereocenters.